The fourth-order valence-electron chi connectivity index (χ4n) is 2.76. The summed E-state index contributed by atoms with van der Waals surface area (Å²) < 4.78 is 45.7. The summed E-state index contributed by atoms with van der Waals surface area (Å²) in [6.07, 6.45) is -2.70. The number of hydrogen-bond donors (Lipinski definition) is 2. The molecular weight excluding hydrogens is 548 g/mol. The van der Waals surface area contributed by atoms with Gasteiger partial charge in [0.05, 0.1) is 24.8 Å². The van der Waals surface area contributed by atoms with Crippen LogP contribution in [0.5, 0.6) is 5.75 Å². The third-order valence-corrected chi connectivity index (χ3v) is 4.41. The van der Waals surface area contributed by atoms with Crippen LogP contribution < -0.4 is 15.4 Å². The topological polar surface area (TPSA) is 76.4 Å². The van der Waals surface area contributed by atoms with E-state index in [1.165, 1.54) is 12.1 Å². The van der Waals surface area contributed by atoms with Gasteiger partial charge in [-0.05, 0) is 55.8 Å². The van der Waals surface area contributed by atoms with Crippen molar-refractivity contribution in [2.45, 2.75) is 39.2 Å². The molecule has 33 heavy (non-hydrogen) atoms. The average Bonchev–Trinajstić information content (AvgIpc) is 3.15. The van der Waals surface area contributed by atoms with Crippen LogP contribution in [0.15, 0.2) is 59.9 Å². The van der Waals surface area contributed by atoms with E-state index in [0.717, 1.165) is 23.6 Å². The molecule has 7 nitrogen and oxygen atoms in total. The molecule has 2 aromatic carbocycles. The Kier molecular flexibility index (Phi) is 9.50. The van der Waals surface area contributed by atoms with Crippen LogP contribution in [0.3, 0.4) is 0 Å². The summed E-state index contributed by atoms with van der Waals surface area (Å²) in [5.41, 5.74) is 0.740. The Morgan fingerprint density at radius 3 is 2.30 bits per heavy atom. The Morgan fingerprint density at radius 1 is 1.09 bits per heavy atom. The number of nitrogens with one attached hydrogen (secondary N) is 2. The van der Waals surface area contributed by atoms with Crippen LogP contribution in [-0.2, 0) is 26.3 Å². The number of benzene rings is 2. The van der Waals surface area contributed by atoms with Crippen molar-refractivity contribution < 1.29 is 17.9 Å². The Morgan fingerprint density at radius 2 is 1.76 bits per heavy atom. The van der Waals surface area contributed by atoms with Gasteiger partial charge in [-0.15, -0.1) is 34.2 Å². The van der Waals surface area contributed by atoms with Gasteiger partial charge in [0.25, 0.3) is 0 Å². The van der Waals surface area contributed by atoms with Crippen LogP contribution in [0.4, 0.5) is 18.9 Å². The molecule has 11 heteroatoms. The van der Waals surface area contributed by atoms with Gasteiger partial charge in [0, 0.05) is 12.7 Å². The van der Waals surface area contributed by atoms with E-state index in [1.54, 1.807) is 10.9 Å². The quantitative estimate of drug-likeness (QED) is 0.236. The Labute approximate surface area is 207 Å². The minimum absolute atomic E-state index is 0. The molecule has 0 fully saturated rings. The molecule has 0 aliphatic carbocycles. The van der Waals surface area contributed by atoms with Gasteiger partial charge in [-0.3, -0.25) is 0 Å². The number of aryl methyl sites for hydroxylation is 1. The number of rotatable bonds is 7. The maximum atomic E-state index is 12.8. The smallest absolute Gasteiger partial charge is 0.416 e. The number of aliphatic imine (C=N–C) groups is 1. The molecule has 0 aliphatic rings. The van der Waals surface area contributed by atoms with Crippen molar-refractivity contribution in [3.63, 3.8) is 0 Å². The molecule has 0 saturated heterocycles. The molecule has 1 heterocycles. The largest absolute Gasteiger partial charge is 0.491 e. The summed E-state index contributed by atoms with van der Waals surface area (Å²) in [6.45, 7) is 4.47. The number of halogens is 4. The van der Waals surface area contributed by atoms with E-state index >= 15 is 0 Å². The molecule has 3 rings (SSSR count). The first-order valence-corrected chi connectivity index (χ1v) is 10.0. The maximum absolute atomic E-state index is 12.8. The molecule has 1 aromatic heterocycles. The van der Waals surface area contributed by atoms with E-state index in [9.17, 15) is 13.2 Å². The number of ether oxygens (including phenoxy) is 1. The number of aromatic nitrogens is 3. The van der Waals surface area contributed by atoms with Crippen LogP contribution in [0, 0.1) is 0 Å². The number of hydrogen-bond acceptors (Lipinski definition) is 4. The highest BCUT2D eigenvalue weighted by Gasteiger charge is 2.29. The van der Waals surface area contributed by atoms with E-state index in [2.05, 4.69) is 25.8 Å². The summed E-state index contributed by atoms with van der Waals surface area (Å²) in [4.78, 5) is 4.51. The lowest BCUT2D eigenvalue weighted by atomic mass is 10.1. The van der Waals surface area contributed by atoms with Crippen LogP contribution in [-0.4, -0.2) is 26.8 Å². The second kappa shape index (κ2) is 11.9. The fraction of sp³-hybridized carbons (Fsp3) is 0.318. The summed E-state index contributed by atoms with van der Waals surface area (Å²) in [5, 5.41) is 14.2. The lowest BCUT2D eigenvalue weighted by molar-refractivity contribution is -0.137. The highest BCUT2D eigenvalue weighted by Crippen LogP contribution is 2.29. The van der Waals surface area contributed by atoms with Gasteiger partial charge in [-0.2, -0.15) is 13.2 Å². The second-order valence-electron chi connectivity index (χ2n) is 7.39. The van der Waals surface area contributed by atoms with Crippen molar-refractivity contribution in [1.82, 2.24) is 20.1 Å². The molecule has 0 aliphatic heterocycles. The lowest BCUT2D eigenvalue weighted by Gasteiger charge is -2.14. The van der Waals surface area contributed by atoms with Crippen molar-refractivity contribution in [2.75, 3.05) is 5.32 Å². The fourth-order valence-corrected chi connectivity index (χ4v) is 2.76. The Hall–Kier alpha value is -2.83. The third-order valence-electron chi connectivity index (χ3n) is 4.41. The molecule has 0 bridgehead atoms. The molecule has 3 aromatic rings. The van der Waals surface area contributed by atoms with E-state index in [1.807, 2.05) is 45.2 Å². The highest BCUT2D eigenvalue weighted by molar-refractivity contribution is 14.0. The summed E-state index contributed by atoms with van der Waals surface area (Å²) in [5.74, 6) is 1.90. The Bertz CT molecular complexity index is 1030. The van der Waals surface area contributed by atoms with Crippen molar-refractivity contribution in [3.05, 3.63) is 71.8 Å². The monoisotopic (exact) mass is 574 g/mol. The first kappa shape index (κ1) is 26.4. The third kappa shape index (κ3) is 8.22. The summed E-state index contributed by atoms with van der Waals surface area (Å²) in [6, 6.07) is 12.4. The standard InChI is InChI=1S/C22H25F3N6O.HI/c1-15(2)32-19-10-8-18(9-11-19)29-21(27-13-20-30-28-14-31(20)3)26-12-16-4-6-17(7-5-16)22(23,24)25;/h4-11,14-15H,12-13H2,1-3H3,(H2,26,27,29);1H. The van der Waals surface area contributed by atoms with Gasteiger partial charge in [0.1, 0.15) is 12.1 Å². The molecule has 0 unspecified atom stereocenters. The summed E-state index contributed by atoms with van der Waals surface area (Å²) in [7, 11) is 1.83. The minimum Gasteiger partial charge on any atom is -0.491 e. The van der Waals surface area contributed by atoms with E-state index in [0.29, 0.717) is 23.9 Å². The second-order valence-corrected chi connectivity index (χ2v) is 7.39. The molecule has 2 N–H and O–H groups in total. The number of nitrogens with zero attached hydrogens (tertiary/aromatic N) is 4. The first-order valence-electron chi connectivity index (χ1n) is 10.0. The van der Waals surface area contributed by atoms with Crippen molar-refractivity contribution in [1.29, 1.82) is 0 Å². The molecule has 0 amide bonds. The number of anilines is 1. The van der Waals surface area contributed by atoms with Crippen LogP contribution in [0.2, 0.25) is 0 Å². The van der Waals surface area contributed by atoms with Crippen LogP contribution in [0.25, 0.3) is 0 Å². The highest BCUT2D eigenvalue weighted by atomic mass is 127. The van der Waals surface area contributed by atoms with Crippen molar-refractivity contribution in [2.24, 2.45) is 12.0 Å². The molecule has 178 valence electrons. The van der Waals surface area contributed by atoms with Gasteiger partial charge in [-0.25, -0.2) is 4.99 Å². The molecule has 0 saturated carbocycles. The van der Waals surface area contributed by atoms with Gasteiger partial charge >= 0.3 is 6.18 Å². The van der Waals surface area contributed by atoms with E-state index < -0.39 is 11.7 Å². The number of guanidine groups is 1. The van der Waals surface area contributed by atoms with Crippen LogP contribution in [0.1, 0.15) is 30.8 Å². The van der Waals surface area contributed by atoms with E-state index in [4.69, 9.17) is 4.74 Å². The normalized spacial score (nSPS) is 11.8. The minimum atomic E-state index is -4.36. The predicted molar refractivity (Wildman–Crippen MR) is 132 cm³/mol. The predicted octanol–water partition coefficient (Wildman–Crippen LogP) is 5.00. The molecule has 0 spiro atoms. The average molecular weight is 574 g/mol. The van der Waals surface area contributed by atoms with Crippen molar-refractivity contribution in [3.8, 4) is 5.75 Å². The van der Waals surface area contributed by atoms with Crippen LogP contribution >= 0.6 is 24.0 Å². The zero-order valence-corrected chi connectivity index (χ0v) is 20.8. The van der Waals surface area contributed by atoms with Gasteiger partial charge in [0.2, 0.25) is 0 Å². The van der Waals surface area contributed by atoms with Gasteiger partial charge in [0.15, 0.2) is 11.8 Å². The molecule has 0 radical (unpaired) electrons. The van der Waals surface area contributed by atoms with Gasteiger partial charge in [-0.1, -0.05) is 12.1 Å². The zero-order valence-electron chi connectivity index (χ0n) is 18.4. The lowest BCUT2D eigenvalue weighted by Crippen LogP contribution is -2.31. The molecular formula is C22H26F3IN6O. The maximum Gasteiger partial charge on any atom is 0.416 e. The SMILES string of the molecule is CC(C)Oc1ccc(NC(=NCc2ccc(C(F)(F)F)cc2)NCc2nncn2C)cc1.I. The molecule has 0 atom stereocenters. The van der Waals surface area contributed by atoms with E-state index in [-0.39, 0.29) is 36.6 Å². The van der Waals surface area contributed by atoms with Crippen molar-refractivity contribution >= 4 is 35.6 Å². The first-order chi connectivity index (χ1) is 15.2. The number of alkyl halides is 3. The Balaban J connectivity index is 0.00000385. The summed E-state index contributed by atoms with van der Waals surface area (Å²) >= 11 is 0. The van der Waals surface area contributed by atoms with Gasteiger partial charge < -0.3 is 19.9 Å². The zero-order chi connectivity index (χ0) is 23.1.